The number of para-hydroxylation sites is 1. The van der Waals surface area contributed by atoms with Crippen LogP contribution in [0.3, 0.4) is 0 Å². The van der Waals surface area contributed by atoms with E-state index in [4.69, 9.17) is 23.2 Å². The Morgan fingerprint density at radius 1 is 0.967 bits per heavy atom. The molecule has 0 spiro atoms. The van der Waals surface area contributed by atoms with Crippen LogP contribution >= 0.6 is 23.2 Å². The number of fused-ring (bicyclic) bond motifs is 1. The maximum atomic E-state index is 13.2. The minimum Gasteiger partial charge on any atom is -0.321 e. The molecule has 0 bridgehead atoms. The average molecular weight is 435 g/mol. The number of nitrogens with zero attached hydrogens (tertiary/aromatic N) is 2. The highest BCUT2D eigenvalue weighted by atomic mass is 35.5. The van der Waals surface area contributed by atoms with Crippen molar-refractivity contribution in [3.8, 4) is 11.1 Å². The van der Waals surface area contributed by atoms with Gasteiger partial charge in [0.05, 0.1) is 22.3 Å². The monoisotopic (exact) mass is 434 g/mol. The van der Waals surface area contributed by atoms with Crippen LogP contribution in [0.5, 0.6) is 0 Å². The lowest BCUT2D eigenvalue weighted by Gasteiger charge is -2.14. The summed E-state index contributed by atoms with van der Waals surface area (Å²) in [4.78, 5) is 20.2. The van der Waals surface area contributed by atoms with E-state index < -0.39 is 0 Å². The maximum Gasteiger partial charge on any atom is 0.258 e. The molecule has 5 nitrogen and oxygen atoms in total. The Bertz CT molecular complexity index is 1350. The second-order valence-electron chi connectivity index (χ2n) is 7.10. The quantitative estimate of drug-likeness (QED) is 0.457. The van der Waals surface area contributed by atoms with E-state index in [9.17, 15) is 4.79 Å². The third-order valence-corrected chi connectivity index (χ3v) is 5.84. The van der Waals surface area contributed by atoms with Gasteiger partial charge < -0.3 is 10.4 Å². The summed E-state index contributed by atoms with van der Waals surface area (Å²) in [5, 5.41) is 6.67. The van der Waals surface area contributed by atoms with E-state index in [1.807, 2.05) is 54.6 Å². The van der Waals surface area contributed by atoms with Crippen molar-refractivity contribution in [3.63, 3.8) is 0 Å². The molecule has 7 heteroatoms. The van der Waals surface area contributed by atoms with Crippen molar-refractivity contribution in [2.24, 2.45) is 5.10 Å². The normalized spacial score (nSPS) is 15.8. The second-order valence-corrected chi connectivity index (χ2v) is 7.94. The number of H-pyrrole nitrogens is 1. The van der Waals surface area contributed by atoms with E-state index in [-0.39, 0.29) is 11.6 Å². The molecule has 2 aromatic carbocycles. The molecule has 4 aromatic rings. The van der Waals surface area contributed by atoms with E-state index in [1.54, 1.807) is 12.4 Å². The fraction of sp³-hybridized carbons (Fsp3) is 0.0870. The van der Waals surface area contributed by atoms with Gasteiger partial charge in [-0.05, 0) is 35.4 Å². The smallest absolute Gasteiger partial charge is 0.258 e. The maximum absolute atomic E-state index is 13.2. The van der Waals surface area contributed by atoms with Crippen molar-refractivity contribution >= 4 is 39.8 Å². The molecule has 0 amide bonds. The minimum absolute atomic E-state index is 0.126. The summed E-state index contributed by atoms with van der Waals surface area (Å²) in [5.41, 5.74) is 7.61. The van der Waals surface area contributed by atoms with Crippen molar-refractivity contribution in [1.29, 1.82) is 0 Å². The van der Waals surface area contributed by atoms with Crippen LogP contribution in [-0.2, 0) is 0 Å². The molecular weight excluding hydrogens is 419 g/mol. The first kappa shape index (κ1) is 18.9. The molecule has 1 unspecified atom stereocenters. The number of aromatic nitrogens is 2. The summed E-state index contributed by atoms with van der Waals surface area (Å²) in [6, 6.07) is 17.0. The van der Waals surface area contributed by atoms with Gasteiger partial charge in [-0.1, -0.05) is 53.5 Å². The largest absolute Gasteiger partial charge is 0.321 e. The van der Waals surface area contributed by atoms with E-state index in [0.29, 0.717) is 27.7 Å². The van der Waals surface area contributed by atoms with Crippen LogP contribution in [0, 0.1) is 0 Å². The summed E-state index contributed by atoms with van der Waals surface area (Å²) in [6.45, 7) is 0. The molecule has 2 aromatic heterocycles. The minimum atomic E-state index is -0.180. The van der Waals surface area contributed by atoms with Gasteiger partial charge in [0.1, 0.15) is 0 Å². The van der Waals surface area contributed by atoms with Crippen molar-refractivity contribution in [2.75, 3.05) is 0 Å². The number of hydrazone groups is 1. The topological polar surface area (TPSA) is 70.1 Å². The third kappa shape index (κ3) is 3.26. The number of pyridine rings is 2. The van der Waals surface area contributed by atoms with Crippen molar-refractivity contribution in [2.45, 2.75) is 12.5 Å². The summed E-state index contributed by atoms with van der Waals surface area (Å²) < 4.78 is 0. The fourth-order valence-corrected chi connectivity index (χ4v) is 4.26. The molecule has 1 aliphatic heterocycles. The van der Waals surface area contributed by atoms with E-state index in [1.165, 1.54) is 0 Å². The standard InChI is InChI=1S/C23H16Cl2N4O/c24-14-7-5-13(6-8-14)21-16-3-1-2-4-18(16)27-23(30)22(21)20-11-19(28-29-20)15-9-10-26-12-17(15)25/h1-10,12,19,28H,11H2,(H,27,30). The van der Waals surface area contributed by atoms with Crippen molar-refractivity contribution in [3.05, 3.63) is 98.5 Å². The van der Waals surface area contributed by atoms with Crippen LogP contribution in [0.1, 0.15) is 23.6 Å². The van der Waals surface area contributed by atoms with Crippen LogP contribution in [0.4, 0.5) is 0 Å². The van der Waals surface area contributed by atoms with Crippen molar-refractivity contribution < 1.29 is 0 Å². The number of nitrogens with one attached hydrogen (secondary N) is 2. The number of hydrogen-bond acceptors (Lipinski definition) is 4. The summed E-state index contributed by atoms with van der Waals surface area (Å²) >= 11 is 12.4. The highest BCUT2D eigenvalue weighted by Crippen LogP contribution is 2.34. The first-order valence-electron chi connectivity index (χ1n) is 9.44. The second kappa shape index (κ2) is 7.59. The number of rotatable bonds is 3. The predicted molar refractivity (Wildman–Crippen MR) is 121 cm³/mol. The molecular formula is C23H16Cl2N4O. The number of hydrogen-bond donors (Lipinski definition) is 2. The molecule has 1 atom stereocenters. The average Bonchev–Trinajstić information content (AvgIpc) is 3.23. The lowest BCUT2D eigenvalue weighted by Crippen LogP contribution is -2.20. The molecule has 0 fully saturated rings. The van der Waals surface area contributed by atoms with Gasteiger partial charge in [-0.3, -0.25) is 9.78 Å². The van der Waals surface area contributed by atoms with Gasteiger partial charge in [-0.25, -0.2) is 0 Å². The Hall–Kier alpha value is -3.15. The van der Waals surface area contributed by atoms with Crippen LogP contribution < -0.4 is 11.0 Å². The zero-order chi connectivity index (χ0) is 20.7. The van der Waals surface area contributed by atoms with Crippen LogP contribution in [0.15, 0.2) is 76.9 Å². The number of benzene rings is 2. The van der Waals surface area contributed by atoms with Gasteiger partial charge in [0.15, 0.2) is 0 Å². The van der Waals surface area contributed by atoms with Gasteiger partial charge in [-0.2, -0.15) is 5.10 Å². The Morgan fingerprint density at radius 2 is 1.77 bits per heavy atom. The predicted octanol–water partition coefficient (Wildman–Crippen LogP) is 5.34. The van der Waals surface area contributed by atoms with E-state index in [2.05, 4.69) is 20.5 Å². The molecule has 0 radical (unpaired) electrons. The SMILES string of the molecule is O=c1[nH]c2ccccc2c(-c2ccc(Cl)cc2)c1C1=NNC(c2ccncc2Cl)C1. The molecule has 5 rings (SSSR count). The van der Waals surface area contributed by atoms with Crippen LogP contribution in [0.25, 0.3) is 22.0 Å². The molecule has 1 aliphatic rings. The molecule has 3 heterocycles. The Morgan fingerprint density at radius 3 is 2.57 bits per heavy atom. The summed E-state index contributed by atoms with van der Waals surface area (Å²) in [6.07, 6.45) is 3.84. The zero-order valence-electron chi connectivity index (χ0n) is 15.7. The first-order valence-corrected chi connectivity index (χ1v) is 10.2. The molecule has 0 saturated carbocycles. The molecule has 0 aliphatic carbocycles. The van der Waals surface area contributed by atoms with Crippen LogP contribution in [0.2, 0.25) is 10.0 Å². The van der Waals surface area contributed by atoms with Gasteiger partial charge in [-0.15, -0.1) is 0 Å². The van der Waals surface area contributed by atoms with E-state index in [0.717, 1.165) is 27.6 Å². The Kier molecular flexibility index (Phi) is 4.77. The Labute approximate surface area is 182 Å². The van der Waals surface area contributed by atoms with Crippen LogP contribution in [-0.4, -0.2) is 15.7 Å². The van der Waals surface area contributed by atoms with Gasteiger partial charge in [0.2, 0.25) is 0 Å². The lowest BCUT2D eigenvalue weighted by molar-refractivity contribution is 0.619. The summed E-state index contributed by atoms with van der Waals surface area (Å²) in [5.74, 6) is 0. The van der Waals surface area contributed by atoms with Gasteiger partial charge in [0, 0.05) is 40.3 Å². The molecule has 2 N–H and O–H groups in total. The lowest BCUT2D eigenvalue weighted by atomic mass is 9.91. The highest BCUT2D eigenvalue weighted by molar-refractivity contribution is 6.31. The highest BCUT2D eigenvalue weighted by Gasteiger charge is 2.27. The zero-order valence-corrected chi connectivity index (χ0v) is 17.2. The van der Waals surface area contributed by atoms with E-state index >= 15 is 0 Å². The summed E-state index contributed by atoms with van der Waals surface area (Å²) in [7, 11) is 0. The number of aromatic amines is 1. The van der Waals surface area contributed by atoms with Gasteiger partial charge in [0.25, 0.3) is 5.56 Å². The fourth-order valence-electron chi connectivity index (χ4n) is 3.88. The number of halogens is 2. The first-order chi connectivity index (χ1) is 14.6. The molecule has 0 saturated heterocycles. The van der Waals surface area contributed by atoms with Gasteiger partial charge >= 0.3 is 0 Å². The molecule has 30 heavy (non-hydrogen) atoms. The Balaban J connectivity index is 1.67. The molecule has 148 valence electrons. The van der Waals surface area contributed by atoms with Crippen molar-refractivity contribution in [1.82, 2.24) is 15.4 Å². The third-order valence-electron chi connectivity index (χ3n) is 5.28.